The smallest absolute Gasteiger partial charge is 0.129 e. The summed E-state index contributed by atoms with van der Waals surface area (Å²) in [5.41, 5.74) is 7.98. The van der Waals surface area contributed by atoms with Crippen LogP contribution in [0, 0.1) is 5.82 Å². The number of hydrogen-bond donors (Lipinski definition) is 2. The Bertz CT molecular complexity index is 593. The van der Waals surface area contributed by atoms with Crippen molar-refractivity contribution in [2.24, 2.45) is 5.73 Å². The van der Waals surface area contributed by atoms with Gasteiger partial charge in [-0.05, 0) is 37.0 Å². The van der Waals surface area contributed by atoms with Crippen LogP contribution in [0.2, 0.25) is 0 Å². The van der Waals surface area contributed by atoms with Gasteiger partial charge in [-0.15, -0.1) is 0 Å². The summed E-state index contributed by atoms with van der Waals surface area (Å²) >= 11 is 0. The van der Waals surface area contributed by atoms with Gasteiger partial charge in [0.15, 0.2) is 0 Å². The highest BCUT2D eigenvalue weighted by Gasteiger charge is 2.28. The Balaban J connectivity index is 1.53. The first-order valence-corrected chi connectivity index (χ1v) is 7.26. The number of nitrogens with two attached hydrogens (primary N) is 1. The van der Waals surface area contributed by atoms with Crippen molar-refractivity contribution in [3.8, 4) is 0 Å². The average Bonchev–Trinajstić information content (AvgIpc) is 2.46. The fourth-order valence-electron chi connectivity index (χ4n) is 2.58. The number of rotatable bonds is 5. The molecule has 3 rings (SSSR count). The van der Waals surface area contributed by atoms with Gasteiger partial charge in [0.05, 0.1) is 0 Å². The molecule has 110 valence electrons. The molecule has 0 radical (unpaired) electrons. The van der Waals surface area contributed by atoms with E-state index in [0.717, 1.165) is 42.9 Å². The number of nitrogens with one attached hydrogen (secondary N) is 1. The standard InChI is InChI=1S/C16H19FN4/c17-13-3-1-11(2-4-13)5-6-19-16-9-15(20-10-21-16)12-7-14(18)8-12/h1-4,9-10,12,14H,5-8,18H2,(H,19,20,21). The summed E-state index contributed by atoms with van der Waals surface area (Å²) in [6.07, 6.45) is 4.44. The molecule has 1 heterocycles. The van der Waals surface area contributed by atoms with Crippen molar-refractivity contribution in [3.63, 3.8) is 0 Å². The molecular weight excluding hydrogens is 267 g/mol. The van der Waals surface area contributed by atoms with E-state index in [1.54, 1.807) is 18.5 Å². The average molecular weight is 286 g/mol. The molecule has 1 saturated carbocycles. The van der Waals surface area contributed by atoms with Crippen LogP contribution in [0.25, 0.3) is 0 Å². The molecule has 1 aromatic heterocycles. The van der Waals surface area contributed by atoms with E-state index in [-0.39, 0.29) is 5.82 Å². The van der Waals surface area contributed by atoms with Gasteiger partial charge in [0.25, 0.3) is 0 Å². The molecule has 0 saturated heterocycles. The van der Waals surface area contributed by atoms with Crippen LogP contribution in [-0.4, -0.2) is 22.6 Å². The van der Waals surface area contributed by atoms with Gasteiger partial charge in [0.2, 0.25) is 0 Å². The Morgan fingerprint density at radius 1 is 1.19 bits per heavy atom. The molecule has 1 aliphatic rings. The second-order valence-corrected chi connectivity index (χ2v) is 5.56. The number of aromatic nitrogens is 2. The number of benzene rings is 1. The van der Waals surface area contributed by atoms with E-state index in [1.807, 2.05) is 6.07 Å². The topological polar surface area (TPSA) is 63.8 Å². The summed E-state index contributed by atoms with van der Waals surface area (Å²) in [6, 6.07) is 8.90. The van der Waals surface area contributed by atoms with E-state index >= 15 is 0 Å². The highest BCUT2D eigenvalue weighted by atomic mass is 19.1. The van der Waals surface area contributed by atoms with Crippen LogP contribution in [0.15, 0.2) is 36.7 Å². The van der Waals surface area contributed by atoms with Crippen molar-refractivity contribution >= 4 is 5.82 Å². The van der Waals surface area contributed by atoms with E-state index in [0.29, 0.717) is 12.0 Å². The second kappa shape index (κ2) is 6.18. The molecular formula is C16H19FN4. The van der Waals surface area contributed by atoms with E-state index in [9.17, 15) is 4.39 Å². The molecule has 21 heavy (non-hydrogen) atoms. The second-order valence-electron chi connectivity index (χ2n) is 5.56. The SMILES string of the molecule is NC1CC(c2cc(NCCc3ccc(F)cc3)ncn2)C1. The van der Waals surface area contributed by atoms with Crippen molar-refractivity contribution in [2.45, 2.75) is 31.2 Å². The van der Waals surface area contributed by atoms with Crippen LogP contribution in [0.3, 0.4) is 0 Å². The van der Waals surface area contributed by atoms with Gasteiger partial charge in [0, 0.05) is 30.3 Å². The lowest BCUT2D eigenvalue weighted by Crippen LogP contribution is -2.35. The third-order valence-corrected chi connectivity index (χ3v) is 3.91. The molecule has 1 aromatic carbocycles. The quantitative estimate of drug-likeness (QED) is 0.886. The Morgan fingerprint density at radius 2 is 1.95 bits per heavy atom. The maximum absolute atomic E-state index is 12.8. The third kappa shape index (κ3) is 3.55. The number of halogens is 1. The van der Waals surface area contributed by atoms with Crippen LogP contribution >= 0.6 is 0 Å². The van der Waals surface area contributed by atoms with E-state index < -0.39 is 0 Å². The van der Waals surface area contributed by atoms with Gasteiger partial charge in [-0.25, -0.2) is 14.4 Å². The van der Waals surface area contributed by atoms with Crippen molar-refractivity contribution < 1.29 is 4.39 Å². The highest BCUT2D eigenvalue weighted by Crippen LogP contribution is 2.34. The van der Waals surface area contributed by atoms with Gasteiger partial charge in [-0.2, -0.15) is 0 Å². The first-order chi connectivity index (χ1) is 10.2. The van der Waals surface area contributed by atoms with Gasteiger partial charge in [0.1, 0.15) is 18.0 Å². The van der Waals surface area contributed by atoms with Gasteiger partial charge in [-0.1, -0.05) is 12.1 Å². The van der Waals surface area contributed by atoms with Gasteiger partial charge >= 0.3 is 0 Å². The number of anilines is 1. The molecule has 0 atom stereocenters. The Labute approximate surface area is 123 Å². The summed E-state index contributed by atoms with van der Waals surface area (Å²) in [5, 5.41) is 3.29. The van der Waals surface area contributed by atoms with Crippen LogP contribution < -0.4 is 11.1 Å². The summed E-state index contributed by atoms with van der Waals surface area (Å²) in [7, 11) is 0. The molecule has 0 unspecified atom stereocenters. The molecule has 3 N–H and O–H groups in total. The predicted octanol–water partition coefficient (Wildman–Crippen LogP) is 2.48. The van der Waals surface area contributed by atoms with E-state index in [1.165, 1.54) is 12.1 Å². The molecule has 5 heteroatoms. The molecule has 2 aromatic rings. The minimum atomic E-state index is -0.203. The normalized spacial score (nSPS) is 20.9. The van der Waals surface area contributed by atoms with E-state index in [4.69, 9.17) is 5.73 Å². The molecule has 1 fully saturated rings. The third-order valence-electron chi connectivity index (χ3n) is 3.91. The zero-order chi connectivity index (χ0) is 14.7. The molecule has 0 bridgehead atoms. The summed E-state index contributed by atoms with van der Waals surface area (Å²) in [4.78, 5) is 8.55. The zero-order valence-electron chi connectivity index (χ0n) is 11.8. The van der Waals surface area contributed by atoms with Crippen LogP contribution in [0.5, 0.6) is 0 Å². The lowest BCUT2D eigenvalue weighted by Gasteiger charge is -2.31. The van der Waals surface area contributed by atoms with Crippen molar-refractivity contribution in [3.05, 3.63) is 53.7 Å². The maximum Gasteiger partial charge on any atom is 0.129 e. The zero-order valence-corrected chi connectivity index (χ0v) is 11.8. The van der Waals surface area contributed by atoms with Gasteiger partial charge in [-0.3, -0.25) is 0 Å². The molecule has 1 aliphatic carbocycles. The van der Waals surface area contributed by atoms with Crippen molar-refractivity contribution in [1.82, 2.24) is 9.97 Å². The van der Waals surface area contributed by atoms with Crippen LogP contribution in [0.4, 0.5) is 10.2 Å². The number of nitrogens with zero attached hydrogens (tertiary/aromatic N) is 2. The van der Waals surface area contributed by atoms with Crippen LogP contribution in [-0.2, 0) is 6.42 Å². The maximum atomic E-state index is 12.8. The fraction of sp³-hybridized carbons (Fsp3) is 0.375. The molecule has 0 spiro atoms. The Kier molecular flexibility index (Phi) is 4.10. The molecule has 4 nitrogen and oxygen atoms in total. The first-order valence-electron chi connectivity index (χ1n) is 7.26. The monoisotopic (exact) mass is 286 g/mol. The minimum absolute atomic E-state index is 0.203. The Morgan fingerprint density at radius 3 is 2.67 bits per heavy atom. The summed E-state index contributed by atoms with van der Waals surface area (Å²) in [6.45, 7) is 0.756. The Hall–Kier alpha value is -2.01. The highest BCUT2D eigenvalue weighted by molar-refractivity contribution is 5.36. The first kappa shape index (κ1) is 13.9. The van der Waals surface area contributed by atoms with Gasteiger partial charge < -0.3 is 11.1 Å². The largest absolute Gasteiger partial charge is 0.370 e. The lowest BCUT2D eigenvalue weighted by atomic mass is 9.79. The van der Waals surface area contributed by atoms with Crippen LogP contribution in [0.1, 0.15) is 30.0 Å². The lowest BCUT2D eigenvalue weighted by molar-refractivity contribution is 0.345. The number of hydrogen-bond acceptors (Lipinski definition) is 4. The molecule has 0 aliphatic heterocycles. The van der Waals surface area contributed by atoms with Crippen molar-refractivity contribution in [2.75, 3.05) is 11.9 Å². The van der Waals surface area contributed by atoms with Crippen molar-refractivity contribution in [1.29, 1.82) is 0 Å². The minimum Gasteiger partial charge on any atom is -0.370 e. The fourth-order valence-corrected chi connectivity index (χ4v) is 2.58. The predicted molar refractivity (Wildman–Crippen MR) is 80.6 cm³/mol. The van der Waals surface area contributed by atoms with E-state index in [2.05, 4.69) is 15.3 Å². The summed E-state index contributed by atoms with van der Waals surface area (Å²) in [5.74, 6) is 1.11. The summed E-state index contributed by atoms with van der Waals surface area (Å²) < 4.78 is 12.8. The molecule has 0 amide bonds.